The highest BCUT2D eigenvalue weighted by Crippen LogP contribution is 2.37. The number of aromatic nitrogens is 1. The van der Waals surface area contributed by atoms with Crippen LogP contribution in [-0.4, -0.2) is 11.3 Å². The van der Waals surface area contributed by atoms with Gasteiger partial charge >= 0.3 is 0 Å². The molecule has 0 aliphatic rings. The Kier molecular flexibility index (Phi) is 2.79. The van der Waals surface area contributed by atoms with E-state index < -0.39 is 0 Å². The summed E-state index contributed by atoms with van der Waals surface area (Å²) in [6.45, 7) is 0. The summed E-state index contributed by atoms with van der Waals surface area (Å²) in [5, 5.41) is 4.43. The average Bonchev–Trinajstić information content (AvgIpc) is 2.97. The number of fused-ring (bicyclic) bond motifs is 2. The van der Waals surface area contributed by atoms with Crippen LogP contribution in [0.25, 0.3) is 32.1 Å². The molecular weight excluding hydrogens is 278 g/mol. The second kappa shape index (κ2) is 4.79. The minimum absolute atomic E-state index is 0.677. The quantitative estimate of drug-likeness (QED) is 0.490. The van der Waals surface area contributed by atoms with Gasteiger partial charge in [-0.1, -0.05) is 18.2 Å². The van der Waals surface area contributed by atoms with Gasteiger partial charge in [-0.2, -0.15) is 0 Å². The van der Waals surface area contributed by atoms with E-state index in [1.807, 2.05) is 24.4 Å². The summed E-state index contributed by atoms with van der Waals surface area (Å²) in [6, 6.07) is 16.0. The van der Waals surface area contributed by atoms with Crippen LogP contribution in [0.4, 0.5) is 0 Å². The minimum atomic E-state index is 0.677. The normalized spacial score (nSPS) is 11.0. The molecule has 0 amide bonds. The van der Waals surface area contributed by atoms with Crippen LogP contribution >= 0.6 is 11.3 Å². The number of rotatable bonds is 2. The molecule has 0 spiro atoms. The first kappa shape index (κ1) is 12.2. The fourth-order valence-electron chi connectivity index (χ4n) is 2.66. The van der Waals surface area contributed by atoms with Crippen molar-refractivity contribution in [2.45, 2.75) is 0 Å². The predicted octanol–water partition coefficient (Wildman–Crippen LogP) is 4.93. The van der Waals surface area contributed by atoms with Crippen LogP contribution in [0.1, 0.15) is 10.4 Å². The van der Waals surface area contributed by atoms with Crippen molar-refractivity contribution in [1.29, 1.82) is 0 Å². The zero-order valence-electron chi connectivity index (χ0n) is 11.1. The molecule has 2 heterocycles. The van der Waals surface area contributed by atoms with Gasteiger partial charge in [0, 0.05) is 32.8 Å². The molecule has 0 unspecified atom stereocenters. The zero-order chi connectivity index (χ0) is 14.2. The van der Waals surface area contributed by atoms with E-state index >= 15 is 0 Å². The third-order valence-electron chi connectivity index (χ3n) is 3.67. The van der Waals surface area contributed by atoms with Crippen molar-refractivity contribution in [1.82, 2.24) is 4.98 Å². The Hall–Kier alpha value is -2.52. The van der Waals surface area contributed by atoms with Crippen molar-refractivity contribution in [2.75, 3.05) is 0 Å². The maximum absolute atomic E-state index is 11.0. The van der Waals surface area contributed by atoms with Crippen LogP contribution in [0.5, 0.6) is 0 Å². The van der Waals surface area contributed by atoms with Crippen LogP contribution in [-0.2, 0) is 0 Å². The van der Waals surface area contributed by atoms with Crippen LogP contribution in [0, 0.1) is 0 Å². The highest BCUT2D eigenvalue weighted by atomic mass is 32.1. The molecule has 100 valence electrons. The Morgan fingerprint density at radius 3 is 2.76 bits per heavy atom. The minimum Gasteiger partial charge on any atom is -0.298 e. The summed E-state index contributed by atoms with van der Waals surface area (Å²) >= 11 is 1.74. The van der Waals surface area contributed by atoms with E-state index in [-0.39, 0.29) is 0 Å². The van der Waals surface area contributed by atoms with E-state index in [4.69, 9.17) is 0 Å². The molecule has 0 aliphatic heterocycles. The van der Waals surface area contributed by atoms with Gasteiger partial charge in [-0.3, -0.25) is 9.78 Å². The van der Waals surface area contributed by atoms with Gasteiger partial charge in [0.05, 0.1) is 5.52 Å². The molecule has 4 aromatic rings. The van der Waals surface area contributed by atoms with Gasteiger partial charge < -0.3 is 0 Å². The number of thiophene rings is 1. The Balaban J connectivity index is 2.08. The molecular formula is C18H11NOS. The number of hydrogen-bond acceptors (Lipinski definition) is 3. The molecule has 0 fully saturated rings. The molecule has 21 heavy (non-hydrogen) atoms. The Morgan fingerprint density at radius 1 is 0.952 bits per heavy atom. The van der Waals surface area contributed by atoms with Crippen LogP contribution in [0.3, 0.4) is 0 Å². The van der Waals surface area contributed by atoms with Crippen molar-refractivity contribution in [3.63, 3.8) is 0 Å². The smallest absolute Gasteiger partial charge is 0.150 e. The van der Waals surface area contributed by atoms with Gasteiger partial charge in [-0.05, 0) is 41.3 Å². The molecule has 0 saturated carbocycles. The predicted molar refractivity (Wildman–Crippen MR) is 87.9 cm³/mol. The lowest BCUT2D eigenvalue weighted by Crippen LogP contribution is -1.86. The number of pyridine rings is 1. The van der Waals surface area contributed by atoms with E-state index in [2.05, 4.69) is 34.6 Å². The highest BCUT2D eigenvalue weighted by molar-refractivity contribution is 7.17. The largest absolute Gasteiger partial charge is 0.298 e. The third kappa shape index (κ3) is 1.94. The van der Waals surface area contributed by atoms with Gasteiger partial charge in [0.15, 0.2) is 0 Å². The van der Waals surface area contributed by atoms with Gasteiger partial charge in [0.2, 0.25) is 0 Å². The van der Waals surface area contributed by atoms with Crippen molar-refractivity contribution in [3.05, 3.63) is 65.7 Å². The number of carbonyl (C=O) groups is 1. The maximum Gasteiger partial charge on any atom is 0.150 e. The van der Waals surface area contributed by atoms with E-state index in [0.29, 0.717) is 5.56 Å². The fourth-order valence-corrected chi connectivity index (χ4v) is 3.62. The molecule has 0 aliphatic carbocycles. The number of benzene rings is 2. The Bertz CT molecular complexity index is 971. The topological polar surface area (TPSA) is 30.0 Å². The first-order chi connectivity index (χ1) is 10.4. The molecule has 0 radical (unpaired) electrons. The monoisotopic (exact) mass is 289 g/mol. The molecule has 3 heteroatoms. The Labute approximate surface area is 125 Å². The lowest BCUT2D eigenvalue weighted by molar-refractivity contribution is 0.112. The summed E-state index contributed by atoms with van der Waals surface area (Å²) in [7, 11) is 0. The van der Waals surface area contributed by atoms with Gasteiger partial charge in [-0.25, -0.2) is 0 Å². The first-order valence-electron chi connectivity index (χ1n) is 6.67. The number of carbonyl (C=O) groups excluding carboxylic acids is 1. The average molecular weight is 289 g/mol. The lowest BCUT2D eigenvalue weighted by Gasteiger charge is -2.06. The molecule has 0 N–H and O–H groups in total. The van der Waals surface area contributed by atoms with Crippen molar-refractivity contribution in [3.8, 4) is 11.1 Å². The summed E-state index contributed by atoms with van der Waals surface area (Å²) in [6.07, 6.45) is 2.70. The van der Waals surface area contributed by atoms with Gasteiger partial charge in [0.1, 0.15) is 6.29 Å². The number of nitrogens with zero attached hydrogens (tertiary/aromatic N) is 1. The molecule has 2 aromatic carbocycles. The van der Waals surface area contributed by atoms with Crippen molar-refractivity contribution < 1.29 is 4.79 Å². The SMILES string of the molecule is O=Cc1ccc2nccc(-c3csc4ccccc34)c2c1. The van der Waals surface area contributed by atoms with Crippen LogP contribution < -0.4 is 0 Å². The Morgan fingerprint density at radius 2 is 1.86 bits per heavy atom. The molecule has 0 saturated heterocycles. The van der Waals surface area contributed by atoms with Gasteiger partial charge in [-0.15, -0.1) is 11.3 Å². The van der Waals surface area contributed by atoms with E-state index in [1.165, 1.54) is 15.6 Å². The first-order valence-corrected chi connectivity index (χ1v) is 7.55. The standard InChI is InChI=1S/C18H11NOS/c20-10-12-5-6-17-15(9-12)13(7-8-19-17)16-11-21-18-4-2-1-3-14(16)18/h1-11H. The molecule has 0 atom stereocenters. The van der Waals surface area contributed by atoms with Gasteiger partial charge in [0.25, 0.3) is 0 Å². The molecule has 2 nitrogen and oxygen atoms in total. The maximum atomic E-state index is 11.0. The highest BCUT2D eigenvalue weighted by Gasteiger charge is 2.10. The summed E-state index contributed by atoms with van der Waals surface area (Å²) < 4.78 is 1.27. The summed E-state index contributed by atoms with van der Waals surface area (Å²) in [5.74, 6) is 0. The van der Waals surface area contributed by atoms with E-state index in [9.17, 15) is 4.79 Å². The third-order valence-corrected chi connectivity index (χ3v) is 4.64. The lowest BCUT2D eigenvalue weighted by atomic mass is 9.99. The van der Waals surface area contributed by atoms with Crippen molar-refractivity contribution >= 4 is 38.6 Å². The van der Waals surface area contributed by atoms with Crippen LogP contribution in [0.2, 0.25) is 0 Å². The zero-order valence-corrected chi connectivity index (χ0v) is 11.9. The molecule has 2 aromatic heterocycles. The van der Waals surface area contributed by atoms with Crippen LogP contribution in [0.15, 0.2) is 60.1 Å². The van der Waals surface area contributed by atoms with E-state index in [1.54, 1.807) is 17.4 Å². The second-order valence-corrected chi connectivity index (χ2v) is 5.81. The summed E-state index contributed by atoms with van der Waals surface area (Å²) in [5.41, 5.74) is 3.91. The molecule has 0 bridgehead atoms. The number of hydrogen-bond donors (Lipinski definition) is 0. The number of aldehydes is 1. The fraction of sp³-hybridized carbons (Fsp3) is 0. The second-order valence-electron chi connectivity index (χ2n) is 4.90. The molecule has 4 rings (SSSR count). The van der Waals surface area contributed by atoms with E-state index in [0.717, 1.165) is 22.8 Å². The van der Waals surface area contributed by atoms with Crippen molar-refractivity contribution in [2.24, 2.45) is 0 Å². The summed E-state index contributed by atoms with van der Waals surface area (Å²) in [4.78, 5) is 15.4.